The molecular formula is C14H12O4. The van der Waals surface area contributed by atoms with Gasteiger partial charge in [-0.3, -0.25) is 0 Å². The maximum Gasteiger partial charge on any atom is 0.343 e. The van der Waals surface area contributed by atoms with Crippen molar-refractivity contribution in [1.82, 2.24) is 0 Å². The lowest BCUT2D eigenvalue weighted by atomic mass is 10.2. The average molecular weight is 244 g/mol. The Morgan fingerprint density at radius 3 is 2.44 bits per heavy atom. The molecule has 0 unspecified atom stereocenters. The van der Waals surface area contributed by atoms with Crippen LogP contribution in [0.5, 0.6) is 17.2 Å². The Bertz CT molecular complexity index is 549. The van der Waals surface area contributed by atoms with Gasteiger partial charge in [-0.25, -0.2) is 4.79 Å². The molecule has 0 spiro atoms. The second kappa shape index (κ2) is 5.23. The van der Waals surface area contributed by atoms with E-state index < -0.39 is 5.97 Å². The fourth-order valence-corrected chi connectivity index (χ4v) is 1.47. The SMILES string of the molecule is COc1ccc(OC(=O)c2ccccc2)cc1O. The molecule has 4 nitrogen and oxygen atoms in total. The zero-order valence-electron chi connectivity index (χ0n) is 9.79. The van der Waals surface area contributed by atoms with Crippen LogP contribution in [0.3, 0.4) is 0 Å². The molecule has 0 amide bonds. The molecule has 0 atom stereocenters. The number of phenols is 1. The third-order valence-corrected chi connectivity index (χ3v) is 2.37. The van der Waals surface area contributed by atoms with Crippen molar-refractivity contribution >= 4 is 5.97 Å². The van der Waals surface area contributed by atoms with Crippen LogP contribution >= 0.6 is 0 Å². The molecule has 18 heavy (non-hydrogen) atoms. The highest BCUT2D eigenvalue weighted by atomic mass is 16.5. The fraction of sp³-hybridized carbons (Fsp3) is 0.0714. The van der Waals surface area contributed by atoms with Gasteiger partial charge in [0.25, 0.3) is 0 Å². The Kier molecular flexibility index (Phi) is 3.48. The lowest BCUT2D eigenvalue weighted by molar-refractivity contribution is 0.0734. The van der Waals surface area contributed by atoms with Crippen LogP contribution < -0.4 is 9.47 Å². The van der Waals surface area contributed by atoms with Crippen molar-refractivity contribution in [3.63, 3.8) is 0 Å². The molecular weight excluding hydrogens is 232 g/mol. The summed E-state index contributed by atoms with van der Waals surface area (Å²) in [6.07, 6.45) is 0. The van der Waals surface area contributed by atoms with Crippen molar-refractivity contribution in [2.45, 2.75) is 0 Å². The molecule has 0 radical (unpaired) electrons. The molecule has 0 bridgehead atoms. The Balaban J connectivity index is 2.15. The van der Waals surface area contributed by atoms with Gasteiger partial charge in [0.05, 0.1) is 12.7 Å². The number of phenolic OH excluding ortho intramolecular Hbond substituents is 1. The van der Waals surface area contributed by atoms with E-state index in [2.05, 4.69) is 0 Å². The van der Waals surface area contributed by atoms with Gasteiger partial charge in [0.15, 0.2) is 11.5 Å². The van der Waals surface area contributed by atoms with Gasteiger partial charge >= 0.3 is 5.97 Å². The predicted octanol–water partition coefficient (Wildman–Crippen LogP) is 2.62. The molecule has 2 aromatic rings. The number of methoxy groups -OCH3 is 1. The van der Waals surface area contributed by atoms with E-state index >= 15 is 0 Å². The highest BCUT2D eigenvalue weighted by Crippen LogP contribution is 2.30. The number of hydrogen-bond acceptors (Lipinski definition) is 4. The van der Waals surface area contributed by atoms with Crippen LogP contribution in [0.1, 0.15) is 10.4 Å². The van der Waals surface area contributed by atoms with Crippen molar-refractivity contribution in [3.05, 3.63) is 54.1 Å². The summed E-state index contributed by atoms with van der Waals surface area (Å²) in [5, 5.41) is 9.56. The second-order valence-electron chi connectivity index (χ2n) is 3.59. The Morgan fingerprint density at radius 2 is 1.83 bits per heavy atom. The standard InChI is InChI=1S/C14H12O4/c1-17-13-8-7-11(9-12(13)15)18-14(16)10-5-3-2-4-6-10/h2-9,15H,1H3. The minimum atomic E-state index is -0.472. The zero-order valence-corrected chi connectivity index (χ0v) is 9.79. The molecule has 2 rings (SSSR count). The number of hydrogen-bond donors (Lipinski definition) is 1. The molecule has 4 heteroatoms. The minimum absolute atomic E-state index is 0.0733. The molecule has 0 saturated heterocycles. The summed E-state index contributed by atoms with van der Waals surface area (Å²) in [6.45, 7) is 0. The quantitative estimate of drug-likeness (QED) is 0.666. The first-order valence-electron chi connectivity index (χ1n) is 5.35. The molecule has 0 saturated carbocycles. The van der Waals surface area contributed by atoms with Crippen molar-refractivity contribution < 1.29 is 19.4 Å². The molecule has 92 valence electrons. The van der Waals surface area contributed by atoms with Crippen LogP contribution in [0, 0.1) is 0 Å². The average Bonchev–Trinajstić information content (AvgIpc) is 2.40. The van der Waals surface area contributed by atoms with E-state index in [0.717, 1.165) is 0 Å². The smallest absolute Gasteiger partial charge is 0.343 e. The monoisotopic (exact) mass is 244 g/mol. The molecule has 0 fully saturated rings. The number of rotatable bonds is 3. The summed E-state index contributed by atoms with van der Waals surface area (Å²) in [7, 11) is 1.45. The third kappa shape index (κ3) is 2.60. The molecule has 0 heterocycles. The summed E-state index contributed by atoms with van der Waals surface area (Å²) >= 11 is 0. The topological polar surface area (TPSA) is 55.8 Å². The van der Waals surface area contributed by atoms with Crippen LogP contribution in [0.4, 0.5) is 0 Å². The second-order valence-corrected chi connectivity index (χ2v) is 3.59. The van der Waals surface area contributed by atoms with Gasteiger partial charge in [-0.05, 0) is 24.3 Å². The Morgan fingerprint density at radius 1 is 1.11 bits per heavy atom. The predicted molar refractivity (Wildman–Crippen MR) is 66.1 cm³/mol. The largest absolute Gasteiger partial charge is 0.504 e. The molecule has 0 aliphatic rings. The van der Waals surface area contributed by atoms with Crippen molar-refractivity contribution in [3.8, 4) is 17.2 Å². The van der Waals surface area contributed by atoms with Crippen LogP contribution in [0.15, 0.2) is 48.5 Å². The molecule has 0 aromatic heterocycles. The maximum absolute atomic E-state index is 11.7. The lowest BCUT2D eigenvalue weighted by Crippen LogP contribution is -2.07. The van der Waals surface area contributed by atoms with E-state index in [1.165, 1.54) is 19.2 Å². The summed E-state index contributed by atoms with van der Waals surface area (Å²) in [4.78, 5) is 11.7. The zero-order chi connectivity index (χ0) is 13.0. The van der Waals surface area contributed by atoms with E-state index in [0.29, 0.717) is 11.3 Å². The first-order chi connectivity index (χ1) is 8.70. The number of benzene rings is 2. The van der Waals surface area contributed by atoms with Gasteiger partial charge in [-0.2, -0.15) is 0 Å². The maximum atomic E-state index is 11.7. The van der Waals surface area contributed by atoms with E-state index in [4.69, 9.17) is 9.47 Å². The summed E-state index contributed by atoms with van der Waals surface area (Å²) in [5.74, 6) is 0.0488. The molecule has 1 N–H and O–H groups in total. The minimum Gasteiger partial charge on any atom is -0.504 e. The van der Waals surface area contributed by atoms with E-state index in [-0.39, 0.29) is 11.5 Å². The van der Waals surface area contributed by atoms with E-state index in [1.807, 2.05) is 6.07 Å². The van der Waals surface area contributed by atoms with Gasteiger partial charge in [0.1, 0.15) is 5.75 Å². The van der Waals surface area contributed by atoms with Crippen LogP contribution in [-0.2, 0) is 0 Å². The summed E-state index contributed by atoms with van der Waals surface area (Å²) in [5.41, 5.74) is 0.452. The number of ether oxygens (including phenoxy) is 2. The van der Waals surface area contributed by atoms with Crippen molar-refractivity contribution in [2.24, 2.45) is 0 Å². The third-order valence-electron chi connectivity index (χ3n) is 2.37. The highest BCUT2D eigenvalue weighted by Gasteiger charge is 2.09. The summed E-state index contributed by atoms with van der Waals surface area (Å²) in [6, 6.07) is 13.1. The number of carbonyl (C=O) groups excluding carboxylic acids is 1. The van der Waals surface area contributed by atoms with Gasteiger partial charge in [-0.15, -0.1) is 0 Å². The molecule has 0 aliphatic heterocycles. The van der Waals surface area contributed by atoms with Crippen molar-refractivity contribution in [2.75, 3.05) is 7.11 Å². The van der Waals surface area contributed by atoms with Gasteiger partial charge in [0, 0.05) is 6.07 Å². The van der Waals surface area contributed by atoms with Crippen molar-refractivity contribution in [1.29, 1.82) is 0 Å². The van der Waals surface area contributed by atoms with E-state index in [1.54, 1.807) is 30.3 Å². The number of esters is 1. The van der Waals surface area contributed by atoms with Crippen LogP contribution in [0.2, 0.25) is 0 Å². The van der Waals surface area contributed by atoms with Gasteiger partial charge in [0.2, 0.25) is 0 Å². The van der Waals surface area contributed by atoms with E-state index in [9.17, 15) is 9.90 Å². The Labute approximate surface area is 104 Å². The van der Waals surface area contributed by atoms with Crippen LogP contribution in [-0.4, -0.2) is 18.2 Å². The number of carbonyl (C=O) groups is 1. The van der Waals surface area contributed by atoms with Gasteiger partial charge in [-0.1, -0.05) is 18.2 Å². The molecule has 0 aliphatic carbocycles. The lowest BCUT2D eigenvalue weighted by Gasteiger charge is -2.07. The first-order valence-corrected chi connectivity index (χ1v) is 5.35. The fourth-order valence-electron chi connectivity index (χ4n) is 1.47. The first kappa shape index (κ1) is 12.0. The number of aromatic hydroxyl groups is 1. The van der Waals surface area contributed by atoms with Crippen LogP contribution in [0.25, 0.3) is 0 Å². The molecule has 2 aromatic carbocycles. The summed E-state index contributed by atoms with van der Waals surface area (Å²) < 4.78 is 10.0. The normalized spacial score (nSPS) is 9.83. The highest BCUT2D eigenvalue weighted by molar-refractivity contribution is 5.91. The van der Waals surface area contributed by atoms with Gasteiger partial charge < -0.3 is 14.6 Å². The Hall–Kier alpha value is -2.49.